The van der Waals surface area contributed by atoms with Gasteiger partial charge < -0.3 is 31.4 Å². The van der Waals surface area contributed by atoms with E-state index in [1.807, 2.05) is 18.2 Å². The lowest BCUT2D eigenvalue weighted by Crippen LogP contribution is -2.15. The van der Waals surface area contributed by atoms with Crippen molar-refractivity contribution in [2.45, 2.75) is 32.1 Å². The molecule has 1 fully saturated rings. The molecule has 1 atom stereocenters. The summed E-state index contributed by atoms with van der Waals surface area (Å²) < 4.78 is 11.3. The molecule has 0 amide bonds. The van der Waals surface area contributed by atoms with E-state index in [-0.39, 0.29) is 17.8 Å². The lowest BCUT2D eigenvalue weighted by Gasteiger charge is -2.11. The van der Waals surface area contributed by atoms with Gasteiger partial charge in [0.15, 0.2) is 0 Å². The summed E-state index contributed by atoms with van der Waals surface area (Å²) in [5.41, 5.74) is 14.9. The first-order valence-electron chi connectivity index (χ1n) is 10.2. The van der Waals surface area contributed by atoms with Crippen molar-refractivity contribution >= 4 is 22.5 Å². The fraction of sp³-hybridized carbons (Fsp3) is 0.318. The van der Waals surface area contributed by atoms with Crippen molar-refractivity contribution in [1.29, 1.82) is 0 Å². The van der Waals surface area contributed by atoms with Gasteiger partial charge in [-0.2, -0.15) is 0 Å². The van der Waals surface area contributed by atoms with Gasteiger partial charge in [0.2, 0.25) is 5.95 Å². The molecule has 0 spiro atoms. The molecule has 9 nitrogen and oxygen atoms in total. The highest BCUT2D eigenvalue weighted by Gasteiger charge is 2.15. The molecule has 0 bridgehead atoms. The van der Waals surface area contributed by atoms with Gasteiger partial charge in [0.25, 0.3) is 0 Å². The van der Waals surface area contributed by atoms with Gasteiger partial charge in [-0.05, 0) is 31.0 Å². The second kappa shape index (κ2) is 9.59. The Bertz CT molecular complexity index is 1080. The zero-order chi connectivity index (χ0) is 21.6. The Balaban J connectivity index is 1.38. The van der Waals surface area contributed by atoms with Crippen LogP contribution in [-0.4, -0.2) is 39.4 Å². The van der Waals surface area contributed by atoms with Gasteiger partial charge in [-0.25, -0.2) is 9.97 Å². The predicted octanol–water partition coefficient (Wildman–Crippen LogP) is 2.06. The molecule has 1 aliphatic rings. The number of hydrogen-bond acceptors (Lipinski definition) is 9. The minimum absolute atomic E-state index is 0.0244. The van der Waals surface area contributed by atoms with E-state index in [0.717, 1.165) is 30.8 Å². The first kappa shape index (κ1) is 20.8. The number of hydrogen-bond donors (Lipinski definition) is 4. The minimum atomic E-state index is 0.0244. The zero-order valence-corrected chi connectivity index (χ0v) is 17.1. The zero-order valence-electron chi connectivity index (χ0n) is 17.1. The second-order valence-electron chi connectivity index (χ2n) is 7.35. The number of fused-ring (bicyclic) bond motifs is 1. The number of para-hydroxylation sites is 1. The van der Waals surface area contributed by atoms with Crippen LogP contribution >= 0.6 is 0 Å². The molecule has 0 saturated carbocycles. The molecule has 31 heavy (non-hydrogen) atoms. The molecular formula is C22H26N6O3. The SMILES string of the molecule is N/C(=C\NCc1cccc(COCC2CCCO2)n1)c1nc(N)nc2c(O)cccc12. The molecule has 2 aromatic heterocycles. The fourth-order valence-corrected chi connectivity index (χ4v) is 3.49. The summed E-state index contributed by atoms with van der Waals surface area (Å²) in [4.78, 5) is 12.9. The van der Waals surface area contributed by atoms with Crippen molar-refractivity contribution in [3.05, 3.63) is 59.7 Å². The van der Waals surface area contributed by atoms with Gasteiger partial charge in [-0.1, -0.05) is 18.2 Å². The lowest BCUT2D eigenvalue weighted by atomic mass is 10.1. The van der Waals surface area contributed by atoms with Gasteiger partial charge in [0.1, 0.15) is 17.0 Å². The van der Waals surface area contributed by atoms with Crippen LogP contribution in [0.15, 0.2) is 42.6 Å². The van der Waals surface area contributed by atoms with Crippen LogP contribution in [0.25, 0.3) is 16.6 Å². The Morgan fingerprint density at radius 1 is 1.19 bits per heavy atom. The quantitative estimate of drug-likeness (QED) is 0.429. The number of aromatic nitrogens is 3. The molecule has 1 unspecified atom stereocenters. The molecular weight excluding hydrogens is 396 g/mol. The molecule has 6 N–H and O–H groups in total. The van der Waals surface area contributed by atoms with Crippen molar-refractivity contribution in [3.63, 3.8) is 0 Å². The first-order chi connectivity index (χ1) is 15.1. The van der Waals surface area contributed by atoms with E-state index in [4.69, 9.17) is 20.9 Å². The van der Waals surface area contributed by atoms with Crippen molar-refractivity contribution < 1.29 is 14.6 Å². The summed E-state index contributed by atoms with van der Waals surface area (Å²) in [5.74, 6) is 0.0639. The summed E-state index contributed by atoms with van der Waals surface area (Å²) in [7, 11) is 0. The number of anilines is 1. The maximum Gasteiger partial charge on any atom is 0.221 e. The van der Waals surface area contributed by atoms with Crippen LogP contribution in [0.4, 0.5) is 5.95 Å². The highest BCUT2D eigenvalue weighted by molar-refractivity contribution is 5.93. The topological polar surface area (TPSA) is 141 Å². The number of phenolic OH excluding ortho intramolecular Hbond substituents is 1. The molecule has 4 rings (SSSR count). The van der Waals surface area contributed by atoms with Crippen LogP contribution in [0.5, 0.6) is 5.75 Å². The maximum absolute atomic E-state index is 10.0. The van der Waals surface area contributed by atoms with Gasteiger partial charge in [-0.3, -0.25) is 4.98 Å². The average Bonchev–Trinajstić information content (AvgIpc) is 3.28. The van der Waals surface area contributed by atoms with Crippen molar-refractivity contribution in [2.24, 2.45) is 5.73 Å². The summed E-state index contributed by atoms with van der Waals surface area (Å²) in [6, 6.07) is 10.8. The Hall–Kier alpha value is -3.43. The van der Waals surface area contributed by atoms with Gasteiger partial charge in [0.05, 0.1) is 42.9 Å². The fourth-order valence-electron chi connectivity index (χ4n) is 3.49. The van der Waals surface area contributed by atoms with Crippen LogP contribution in [0, 0.1) is 0 Å². The number of nitrogens with one attached hydrogen (secondary N) is 1. The third-order valence-corrected chi connectivity index (χ3v) is 4.98. The number of pyridine rings is 1. The molecule has 1 aliphatic heterocycles. The summed E-state index contributed by atoms with van der Waals surface area (Å²) in [6.45, 7) is 2.34. The van der Waals surface area contributed by atoms with Crippen molar-refractivity contribution in [2.75, 3.05) is 18.9 Å². The number of phenols is 1. The Kier molecular flexibility index (Phi) is 6.44. The van der Waals surface area contributed by atoms with Crippen LogP contribution in [-0.2, 0) is 22.6 Å². The monoisotopic (exact) mass is 422 g/mol. The van der Waals surface area contributed by atoms with E-state index in [1.54, 1.807) is 24.4 Å². The van der Waals surface area contributed by atoms with E-state index < -0.39 is 0 Å². The van der Waals surface area contributed by atoms with Crippen LogP contribution in [0.1, 0.15) is 29.9 Å². The van der Waals surface area contributed by atoms with Gasteiger partial charge >= 0.3 is 0 Å². The number of nitrogens with zero attached hydrogens (tertiary/aromatic N) is 3. The summed E-state index contributed by atoms with van der Waals surface area (Å²) >= 11 is 0. The van der Waals surface area contributed by atoms with Gasteiger partial charge in [0, 0.05) is 18.2 Å². The lowest BCUT2D eigenvalue weighted by molar-refractivity contribution is 0.00961. The number of nitrogen functional groups attached to an aromatic ring is 1. The van der Waals surface area contributed by atoms with Crippen molar-refractivity contribution in [3.8, 4) is 5.75 Å². The standard InChI is InChI=1S/C22H26N6O3/c23-18(20-17-7-2-8-19(29)21(17)28-22(24)27-20)11-25-10-14-4-1-5-15(26-14)12-30-13-16-6-3-9-31-16/h1-2,4-5,7-8,11,16,25,29H,3,6,9-10,12-13,23H2,(H2,24,27,28)/b18-11-. The summed E-state index contributed by atoms with van der Waals surface area (Å²) in [5, 5.41) is 13.8. The number of ether oxygens (including phenoxy) is 2. The molecule has 9 heteroatoms. The smallest absolute Gasteiger partial charge is 0.221 e. The third-order valence-electron chi connectivity index (χ3n) is 4.98. The molecule has 3 aromatic rings. The highest BCUT2D eigenvalue weighted by atomic mass is 16.5. The predicted molar refractivity (Wildman–Crippen MR) is 117 cm³/mol. The first-order valence-corrected chi connectivity index (χ1v) is 10.2. The number of benzene rings is 1. The third kappa shape index (κ3) is 5.19. The summed E-state index contributed by atoms with van der Waals surface area (Å²) in [6.07, 6.45) is 4.00. The van der Waals surface area contributed by atoms with Gasteiger partial charge in [-0.15, -0.1) is 0 Å². The molecule has 1 saturated heterocycles. The normalized spacial score (nSPS) is 16.6. The molecule has 162 valence electrons. The minimum Gasteiger partial charge on any atom is -0.506 e. The van der Waals surface area contributed by atoms with E-state index >= 15 is 0 Å². The van der Waals surface area contributed by atoms with E-state index in [9.17, 15) is 5.11 Å². The van der Waals surface area contributed by atoms with Crippen LogP contribution in [0.2, 0.25) is 0 Å². The molecule has 0 radical (unpaired) electrons. The maximum atomic E-state index is 10.0. The average molecular weight is 422 g/mol. The molecule has 3 heterocycles. The number of aromatic hydroxyl groups is 1. The van der Waals surface area contributed by atoms with E-state index in [2.05, 4.69) is 20.3 Å². The highest BCUT2D eigenvalue weighted by Crippen LogP contribution is 2.27. The Morgan fingerprint density at radius 2 is 2.03 bits per heavy atom. The second-order valence-corrected chi connectivity index (χ2v) is 7.35. The largest absolute Gasteiger partial charge is 0.506 e. The number of rotatable bonds is 8. The molecule has 0 aliphatic carbocycles. The number of nitrogens with two attached hydrogens (primary N) is 2. The van der Waals surface area contributed by atoms with Crippen LogP contribution in [0.3, 0.4) is 0 Å². The molecule has 1 aromatic carbocycles. The Morgan fingerprint density at radius 3 is 2.87 bits per heavy atom. The van der Waals surface area contributed by atoms with Crippen molar-refractivity contribution in [1.82, 2.24) is 20.3 Å². The van der Waals surface area contributed by atoms with E-state index in [1.165, 1.54) is 0 Å². The van der Waals surface area contributed by atoms with Crippen LogP contribution < -0.4 is 16.8 Å². The Labute approximate surface area is 180 Å². The van der Waals surface area contributed by atoms with E-state index in [0.29, 0.717) is 42.1 Å².